The molecule has 3 aliphatic rings. The summed E-state index contributed by atoms with van der Waals surface area (Å²) in [5, 5.41) is 3.86. The van der Waals surface area contributed by atoms with Gasteiger partial charge in [0, 0.05) is 23.4 Å². The van der Waals surface area contributed by atoms with Gasteiger partial charge >= 0.3 is 0 Å². The average Bonchev–Trinajstić information content (AvgIpc) is 2.79. The van der Waals surface area contributed by atoms with Gasteiger partial charge in [0.15, 0.2) is 0 Å². The minimum absolute atomic E-state index is 0.0780. The maximum atomic E-state index is 14.8. The van der Waals surface area contributed by atoms with E-state index in [1.54, 1.807) is 19.9 Å². The van der Waals surface area contributed by atoms with Crippen LogP contribution in [0.3, 0.4) is 0 Å². The molecule has 3 aromatic rings. The summed E-state index contributed by atoms with van der Waals surface area (Å²) in [6.07, 6.45) is 5.14. The van der Waals surface area contributed by atoms with Gasteiger partial charge in [0.2, 0.25) is 0 Å². The van der Waals surface area contributed by atoms with Gasteiger partial charge in [0.1, 0.15) is 17.5 Å². The molecule has 6 rings (SSSR count). The van der Waals surface area contributed by atoms with Crippen molar-refractivity contribution >= 4 is 16.7 Å². The number of benzene rings is 1. The molecule has 0 radical (unpaired) electrons. The standard InChI is InChI=1S/C26H29F3N4O/c1-15(17-5-4-6-18(22(17)27)23(28)29)30-24-19-14-33(21(34)13-20(19)31-16(2)32-24)26-10-7-25(3,8-11-26)9-12-26/h4-6,13-15,23H,7-12H2,1-3H3,(H,30,31,32)/t15-,25?,26?/m1/s1. The van der Waals surface area contributed by atoms with E-state index in [4.69, 9.17) is 0 Å². The second-order valence-corrected chi connectivity index (χ2v) is 10.4. The lowest BCUT2D eigenvalue weighted by atomic mass is 9.58. The van der Waals surface area contributed by atoms with Gasteiger partial charge in [-0.1, -0.05) is 25.1 Å². The molecule has 34 heavy (non-hydrogen) atoms. The van der Waals surface area contributed by atoms with E-state index >= 15 is 0 Å². The zero-order chi connectivity index (χ0) is 24.3. The Labute approximate surface area is 196 Å². The van der Waals surface area contributed by atoms with Crippen molar-refractivity contribution in [3.63, 3.8) is 0 Å². The van der Waals surface area contributed by atoms with E-state index in [9.17, 15) is 18.0 Å². The summed E-state index contributed by atoms with van der Waals surface area (Å²) >= 11 is 0. The van der Waals surface area contributed by atoms with Gasteiger partial charge in [-0.25, -0.2) is 23.1 Å². The zero-order valence-electron chi connectivity index (χ0n) is 19.7. The van der Waals surface area contributed by atoms with Crippen LogP contribution in [0.5, 0.6) is 0 Å². The third kappa shape index (κ3) is 3.77. The predicted molar refractivity (Wildman–Crippen MR) is 126 cm³/mol. The summed E-state index contributed by atoms with van der Waals surface area (Å²) in [6, 6.07) is 4.94. The van der Waals surface area contributed by atoms with Crippen molar-refractivity contribution in [2.75, 3.05) is 5.32 Å². The Morgan fingerprint density at radius 3 is 2.35 bits per heavy atom. The summed E-state index contributed by atoms with van der Waals surface area (Å²) in [4.78, 5) is 22.1. The monoisotopic (exact) mass is 470 g/mol. The number of hydrogen-bond acceptors (Lipinski definition) is 4. The molecule has 1 N–H and O–H groups in total. The lowest BCUT2D eigenvalue weighted by Gasteiger charge is -2.52. The van der Waals surface area contributed by atoms with Crippen LogP contribution in [0.1, 0.15) is 81.8 Å². The number of alkyl halides is 2. The minimum atomic E-state index is -2.89. The molecule has 0 unspecified atom stereocenters. The van der Waals surface area contributed by atoms with E-state index in [1.807, 2.05) is 10.8 Å². The summed E-state index contributed by atoms with van der Waals surface area (Å²) < 4.78 is 43.0. The highest BCUT2D eigenvalue weighted by molar-refractivity contribution is 5.88. The predicted octanol–water partition coefficient (Wildman–Crippen LogP) is 6.42. The molecule has 3 fully saturated rings. The molecule has 0 spiro atoms. The van der Waals surface area contributed by atoms with Gasteiger partial charge in [-0.2, -0.15) is 0 Å². The highest BCUT2D eigenvalue weighted by Gasteiger charge is 2.47. The number of halogens is 3. The highest BCUT2D eigenvalue weighted by atomic mass is 19.3. The maximum Gasteiger partial charge on any atom is 0.266 e. The van der Waals surface area contributed by atoms with E-state index in [-0.39, 0.29) is 16.7 Å². The normalized spacial score (nSPS) is 25.1. The number of fused-ring (bicyclic) bond motifs is 4. The molecule has 2 heterocycles. The zero-order valence-corrected chi connectivity index (χ0v) is 19.7. The Hall–Kier alpha value is -2.90. The molecule has 3 saturated carbocycles. The van der Waals surface area contributed by atoms with Crippen molar-refractivity contribution < 1.29 is 13.2 Å². The fraction of sp³-hybridized carbons (Fsp3) is 0.500. The first-order valence-corrected chi connectivity index (χ1v) is 11.9. The molecular weight excluding hydrogens is 441 g/mol. The molecule has 180 valence electrons. The highest BCUT2D eigenvalue weighted by Crippen LogP contribution is 2.55. The smallest absolute Gasteiger partial charge is 0.266 e. The second kappa shape index (κ2) is 8.10. The van der Waals surface area contributed by atoms with Crippen molar-refractivity contribution in [1.82, 2.24) is 14.5 Å². The molecule has 1 atom stereocenters. The first kappa shape index (κ1) is 22.9. The summed E-state index contributed by atoms with van der Waals surface area (Å²) in [5.74, 6) is -0.000265. The van der Waals surface area contributed by atoms with Crippen LogP contribution in [0.4, 0.5) is 19.0 Å². The maximum absolute atomic E-state index is 14.8. The molecule has 8 heteroatoms. The van der Waals surface area contributed by atoms with Gasteiger partial charge in [-0.05, 0) is 57.8 Å². The number of rotatable bonds is 5. The molecule has 5 nitrogen and oxygen atoms in total. The van der Waals surface area contributed by atoms with Gasteiger partial charge in [-0.15, -0.1) is 0 Å². The number of aryl methyl sites for hydroxylation is 1. The van der Waals surface area contributed by atoms with Gasteiger partial charge in [0.25, 0.3) is 12.0 Å². The Bertz CT molecular complexity index is 1290. The van der Waals surface area contributed by atoms with E-state index in [0.29, 0.717) is 28.0 Å². The SMILES string of the molecule is Cc1nc(N[C@H](C)c2cccc(C(F)F)c2F)c2cn(C34CCC(C)(CC3)CC4)c(=O)cc2n1. The average molecular weight is 471 g/mol. The molecule has 2 aromatic heterocycles. The minimum Gasteiger partial charge on any atom is -0.363 e. The van der Waals surface area contributed by atoms with Crippen LogP contribution >= 0.6 is 0 Å². The molecule has 3 aliphatic carbocycles. The van der Waals surface area contributed by atoms with E-state index < -0.39 is 23.8 Å². The van der Waals surface area contributed by atoms with Crippen LogP contribution in [0, 0.1) is 18.2 Å². The molecule has 0 saturated heterocycles. The van der Waals surface area contributed by atoms with Crippen LogP contribution in [0.25, 0.3) is 10.9 Å². The van der Waals surface area contributed by atoms with E-state index in [0.717, 1.165) is 44.6 Å². The number of aromatic nitrogens is 3. The van der Waals surface area contributed by atoms with Gasteiger partial charge in [0.05, 0.1) is 22.5 Å². The van der Waals surface area contributed by atoms with Crippen LogP contribution in [0.15, 0.2) is 35.3 Å². The fourth-order valence-corrected chi connectivity index (χ4v) is 5.77. The number of hydrogen-bond donors (Lipinski definition) is 1. The van der Waals surface area contributed by atoms with Crippen molar-refractivity contribution in [1.29, 1.82) is 0 Å². The van der Waals surface area contributed by atoms with Crippen LogP contribution < -0.4 is 10.9 Å². The first-order valence-electron chi connectivity index (χ1n) is 11.9. The number of pyridine rings is 1. The van der Waals surface area contributed by atoms with Crippen molar-refractivity contribution in [2.45, 2.75) is 77.3 Å². The number of nitrogens with zero attached hydrogens (tertiary/aromatic N) is 3. The molecule has 0 amide bonds. The fourth-order valence-electron chi connectivity index (χ4n) is 5.77. The quantitative estimate of drug-likeness (QED) is 0.468. The van der Waals surface area contributed by atoms with Crippen LogP contribution in [0.2, 0.25) is 0 Å². The molecular formula is C26H29F3N4O. The first-order chi connectivity index (χ1) is 16.1. The number of nitrogens with one attached hydrogen (secondary N) is 1. The summed E-state index contributed by atoms with van der Waals surface area (Å²) in [5.41, 5.74) is 0.122. The summed E-state index contributed by atoms with van der Waals surface area (Å²) in [7, 11) is 0. The van der Waals surface area contributed by atoms with E-state index in [1.165, 1.54) is 12.1 Å². The largest absolute Gasteiger partial charge is 0.363 e. The third-order valence-electron chi connectivity index (χ3n) is 8.05. The van der Waals surface area contributed by atoms with Crippen molar-refractivity contribution in [3.8, 4) is 0 Å². The number of anilines is 1. The van der Waals surface area contributed by atoms with Gasteiger partial charge in [-0.3, -0.25) is 4.79 Å². The van der Waals surface area contributed by atoms with Crippen molar-refractivity contribution in [3.05, 3.63) is 63.6 Å². The molecule has 2 bridgehead atoms. The Morgan fingerprint density at radius 2 is 1.71 bits per heavy atom. The Balaban J connectivity index is 1.56. The van der Waals surface area contributed by atoms with Crippen molar-refractivity contribution in [2.24, 2.45) is 5.41 Å². The topological polar surface area (TPSA) is 59.8 Å². The van der Waals surface area contributed by atoms with E-state index in [2.05, 4.69) is 22.2 Å². The van der Waals surface area contributed by atoms with Crippen LogP contribution in [-0.2, 0) is 5.54 Å². The lowest BCUT2D eigenvalue weighted by molar-refractivity contribution is 0.0103. The van der Waals surface area contributed by atoms with Gasteiger partial charge < -0.3 is 9.88 Å². The van der Waals surface area contributed by atoms with Crippen LogP contribution in [-0.4, -0.2) is 14.5 Å². The molecule has 1 aromatic carbocycles. The second-order valence-electron chi connectivity index (χ2n) is 10.4. The molecule has 0 aliphatic heterocycles. The lowest BCUT2D eigenvalue weighted by Crippen LogP contribution is -2.50. The Kier molecular flexibility index (Phi) is 5.45. The summed E-state index contributed by atoms with van der Waals surface area (Å²) in [6.45, 7) is 5.76. The Morgan fingerprint density at radius 1 is 1.06 bits per heavy atom. The third-order valence-corrected chi connectivity index (χ3v) is 8.05.